The van der Waals surface area contributed by atoms with Gasteiger partial charge in [0.05, 0.1) is 5.39 Å². The van der Waals surface area contributed by atoms with Crippen LogP contribution < -0.4 is 21.9 Å². The second kappa shape index (κ2) is 9.87. The number of pyridine rings is 1. The number of nitrogens with one attached hydrogen (secondary N) is 2. The summed E-state index contributed by atoms with van der Waals surface area (Å²) >= 11 is 0. The van der Waals surface area contributed by atoms with Crippen LogP contribution in [0.2, 0.25) is 0 Å². The van der Waals surface area contributed by atoms with Crippen molar-refractivity contribution in [3.05, 3.63) is 38.7 Å². The van der Waals surface area contributed by atoms with Crippen LogP contribution in [-0.4, -0.2) is 39.7 Å². The van der Waals surface area contributed by atoms with Gasteiger partial charge in [0.15, 0.2) is 0 Å². The van der Waals surface area contributed by atoms with E-state index in [1.165, 1.54) is 37.6 Å². The molecule has 0 bridgehead atoms. The second-order valence-corrected chi connectivity index (χ2v) is 6.53. The van der Waals surface area contributed by atoms with Crippen LogP contribution in [0.5, 0.6) is 0 Å². The average Bonchev–Trinajstić information content (AvgIpc) is 2.65. The number of fused-ring (bicyclic) bond motifs is 1. The first-order chi connectivity index (χ1) is 12.0. The molecule has 1 aliphatic rings. The van der Waals surface area contributed by atoms with E-state index in [0.717, 1.165) is 24.1 Å². The molecular formula is C17H25Cl2N5O3. The topological polar surface area (TPSA) is 98.0 Å². The lowest BCUT2D eigenvalue weighted by atomic mass is 9.96. The summed E-state index contributed by atoms with van der Waals surface area (Å²) in [5, 5.41) is 6.54. The summed E-state index contributed by atoms with van der Waals surface area (Å²) in [4.78, 5) is 40.7. The zero-order valence-electron chi connectivity index (χ0n) is 15.4. The molecule has 0 aliphatic carbocycles. The molecule has 3 rings (SSSR count). The van der Waals surface area contributed by atoms with Crippen LogP contribution in [0.1, 0.15) is 29.8 Å². The Balaban J connectivity index is 0.00000182. The highest BCUT2D eigenvalue weighted by atomic mass is 35.5. The van der Waals surface area contributed by atoms with Gasteiger partial charge < -0.3 is 10.6 Å². The Morgan fingerprint density at radius 3 is 2.67 bits per heavy atom. The van der Waals surface area contributed by atoms with E-state index in [2.05, 4.69) is 15.6 Å². The van der Waals surface area contributed by atoms with Gasteiger partial charge in [0.25, 0.3) is 11.5 Å². The summed E-state index contributed by atoms with van der Waals surface area (Å²) in [5.41, 5.74) is -0.454. The molecule has 0 aromatic carbocycles. The molecule has 1 unspecified atom stereocenters. The number of amides is 1. The third-order valence-electron chi connectivity index (χ3n) is 4.77. The van der Waals surface area contributed by atoms with Crippen molar-refractivity contribution in [2.45, 2.75) is 19.3 Å². The molecule has 3 heterocycles. The molecule has 10 heteroatoms. The van der Waals surface area contributed by atoms with Gasteiger partial charge in [-0.1, -0.05) is 0 Å². The Labute approximate surface area is 169 Å². The van der Waals surface area contributed by atoms with Crippen molar-refractivity contribution in [3.8, 4) is 0 Å². The fourth-order valence-electron chi connectivity index (χ4n) is 3.23. The minimum absolute atomic E-state index is 0. The van der Waals surface area contributed by atoms with Gasteiger partial charge in [-0.2, -0.15) is 0 Å². The maximum absolute atomic E-state index is 12.3. The number of piperidine rings is 1. The summed E-state index contributed by atoms with van der Waals surface area (Å²) in [6.07, 6.45) is 3.28. The molecule has 8 nitrogen and oxygen atoms in total. The van der Waals surface area contributed by atoms with Crippen LogP contribution in [0.3, 0.4) is 0 Å². The highest BCUT2D eigenvalue weighted by Crippen LogP contribution is 2.13. The highest BCUT2D eigenvalue weighted by Gasteiger charge is 2.15. The Morgan fingerprint density at radius 1 is 1.26 bits per heavy atom. The lowest BCUT2D eigenvalue weighted by Gasteiger charge is -2.22. The molecule has 0 saturated carbocycles. The highest BCUT2D eigenvalue weighted by molar-refractivity contribution is 5.94. The van der Waals surface area contributed by atoms with E-state index in [1.54, 1.807) is 6.07 Å². The maximum Gasteiger partial charge on any atom is 0.332 e. The van der Waals surface area contributed by atoms with E-state index in [0.29, 0.717) is 17.8 Å². The molecule has 2 aromatic heterocycles. The molecule has 1 aliphatic heterocycles. The molecule has 27 heavy (non-hydrogen) atoms. The Hall–Kier alpha value is -1.90. The molecule has 1 atom stereocenters. The predicted molar refractivity (Wildman–Crippen MR) is 109 cm³/mol. The summed E-state index contributed by atoms with van der Waals surface area (Å²) in [7, 11) is 2.96. The standard InChI is InChI=1S/C17H23N5O3.2ClH/c1-21-14-12(16(24)22(2)17(21)25)5-6-13(20-14)15(23)19-9-7-11-4-3-8-18-10-11;;/h5-6,11,18H,3-4,7-10H2,1-2H3,(H,19,23);2*1H. The fraction of sp³-hybridized carbons (Fsp3) is 0.529. The van der Waals surface area contributed by atoms with E-state index >= 15 is 0 Å². The molecule has 2 N–H and O–H groups in total. The second-order valence-electron chi connectivity index (χ2n) is 6.53. The van der Waals surface area contributed by atoms with Crippen LogP contribution >= 0.6 is 24.8 Å². The molecule has 0 spiro atoms. The number of hydrogen-bond donors (Lipinski definition) is 2. The molecule has 1 saturated heterocycles. The van der Waals surface area contributed by atoms with Crippen molar-refractivity contribution in [1.29, 1.82) is 0 Å². The van der Waals surface area contributed by atoms with Crippen LogP contribution in [0.4, 0.5) is 0 Å². The van der Waals surface area contributed by atoms with Gasteiger partial charge in [0.1, 0.15) is 11.3 Å². The number of aromatic nitrogens is 3. The Kier molecular flexibility index (Phi) is 8.46. The number of carbonyl (C=O) groups excluding carboxylic acids is 1. The fourth-order valence-corrected chi connectivity index (χ4v) is 3.23. The minimum atomic E-state index is -0.465. The third kappa shape index (κ3) is 4.88. The number of hydrogen-bond acceptors (Lipinski definition) is 5. The number of carbonyl (C=O) groups is 1. The van der Waals surface area contributed by atoms with Gasteiger partial charge in [0, 0.05) is 20.6 Å². The van der Waals surface area contributed by atoms with E-state index in [9.17, 15) is 14.4 Å². The van der Waals surface area contributed by atoms with Crippen molar-refractivity contribution in [1.82, 2.24) is 24.8 Å². The number of halogens is 2. The van der Waals surface area contributed by atoms with Gasteiger partial charge in [-0.15, -0.1) is 24.8 Å². The summed E-state index contributed by atoms with van der Waals surface area (Å²) < 4.78 is 2.31. The van der Waals surface area contributed by atoms with Crippen molar-refractivity contribution in [3.63, 3.8) is 0 Å². The predicted octanol–water partition coefficient (Wildman–Crippen LogP) is 0.595. The normalized spacial score (nSPS) is 16.3. The molecule has 0 radical (unpaired) electrons. The van der Waals surface area contributed by atoms with Gasteiger partial charge in [-0.3, -0.25) is 18.7 Å². The van der Waals surface area contributed by atoms with Crippen LogP contribution in [0.15, 0.2) is 21.7 Å². The lowest BCUT2D eigenvalue weighted by Crippen LogP contribution is -2.37. The zero-order chi connectivity index (χ0) is 18.0. The molecule has 1 amide bonds. The van der Waals surface area contributed by atoms with E-state index in [1.807, 2.05) is 0 Å². The first-order valence-corrected chi connectivity index (χ1v) is 8.54. The maximum atomic E-state index is 12.3. The molecule has 150 valence electrons. The number of aryl methyl sites for hydroxylation is 1. The van der Waals surface area contributed by atoms with E-state index in [4.69, 9.17) is 0 Å². The van der Waals surface area contributed by atoms with Gasteiger partial charge in [0.2, 0.25) is 0 Å². The monoisotopic (exact) mass is 417 g/mol. The summed E-state index contributed by atoms with van der Waals surface area (Å²) in [5.74, 6) is 0.293. The van der Waals surface area contributed by atoms with Crippen molar-refractivity contribution in [2.75, 3.05) is 19.6 Å². The van der Waals surface area contributed by atoms with E-state index < -0.39 is 11.2 Å². The van der Waals surface area contributed by atoms with Crippen LogP contribution in [-0.2, 0) is 14.1 Å². The zero-order valence-corrected chi connectivity index (χ0v) is 17.0. The van der Waals surface area contributed by atoms with Gasteiger partial charge >= 0.3 is 5.69 Å². The van der Waals surface area contributed by atoms with Crippen LogP contribution in [0, 0.1) is 5.92 Å². The first-order valence-electron chi connectivity index (χ1n) is 8.54. The van der Waals surface area contributed by atoms with Gasteiger partial charge in [-0.25, -0.2) is 9.78 Å². The first kappa shape index (κ1) is 23.1. The minimum Gasteiger partial charge on any atom is -0.351 e. The Bertz CT molecular complexity index is 919. The Morgan fingerprint density at radius 2 is 2.00 bits per heavy atom. The van der Waals surface area contributed by atoms with Crippen LogP contribution in [0.25, 0.3) is 11.0 Å². The molecule has 2 aromatic rings. The SMILES string of the molecule is Cl.Cl.Cn1c(=O)c2ccc(C(=O)NCCC3CCCNC3)nc2n(C)c1=O. The molecular weight excluding hydrogens is 393 g/mol. The van der Waals surface area contributed by atoms with Crippen molar-refractivity contribution >= 4 is 41.8 Å². The van der Waals surface area contributed by atoms with E-state index in [-0.39, 0.29) is 42.1 Å². The third-order valence-corrected chi connectivity index (χ3v) is 4.77. The lowest BCUT2D eigenvalue weighted by molar-refractivity contribution is 0.0946. The number of rotatable bonds is 4. The average molecular weight is 418 g/mol. The largest absolute Gasteiger partial charge is 0.351 e. The molecule has 1 fully saturated rings. The van der Waals surface area contributed by atoms with Crippen molar-refractivity contribution in [2.24, 2.45) is 20.0 Å². The number of nitrogens with zero attached hydrogens (tertiary/aromatic N) is 3. The van der Waals surface area contributed by atoms with Gasteiger partial charge in [-0.05, 0) is 50.4 Å². The summed E-state index contributed by atoms with van der Waals surface area (Å²) in [6, 6.07) is 3.07. The smallest absolute Gasteiger partial charge is 0.332 e. The quantitative estimate of drug-likeness (QED) is 0.758. The summed E-state index contributed by atoms with van der Waals surface area (Å²) in [6.45, 7) is 2.65. The van der Waals surface area contributed by atoms with Crippen molar-refractivity contribution < 1.29 is 4.79 Å².